The van der Waals surface area contributed by atoms with Crippen LogP contribution in [0.2, 0.25) is 0 Å². The summed E-state index contributed by atoms with van der Waals surface area (Å²) in [5, 5.41) is 0. The molecule has 3 rings (SSSR count). The van der Waals surface area contributed by atoms with Gasteiger partial charge < -0.3 is 9.64 Å². The van der Waals surface area contributed by atoms with Gasteiger partial charge in [0.2, 0.25) is 0 Å². The van der Waals surface area contributed by atoms with Gasteiger partial charge in [0.1, 0.15) is 5.75 Å². The molecule has 126 valence electrons. The van der Waals surface area contributed by atoms with Gasteiger partial charge in [0.15, 0.2) is 5.78 Å². The van der Waals surface area contributed by atoms with Crippen molar-refractivity contribution in [2.45, 2.75) is 50.6 Å². The second-order valence-corrected chi connectivity index (χ2v) is 6.51. The summed E-state index contributed by atoms with van der Waals surface area (Å²) in [4.78, 5) is 15.1. The molecular formula is C17H20F3NO2. The van der Waals surface area contributed by atoms with Crippen molar-refractivity contribution in [3.8, 4) is 5.75 Å². The summed E-state index contributed by atoms with van der Waals surface area (Å²) in [7, 11) is 2.10. The molecule has 2 fully saturated rings. The summed E-state index contributed by atoms with van der Waals surface area (Å²) < 4.78 is 40.9. The maximum absolute atomic E-state index is 12.7. The second-order valence-electron chi connectivity index (χ2n) is 6.51. The molecule has 23 heavy (non-hydrogen) atoms. The predicted molar refractivity (Wildman–Crippen MR) is 79.4 cm³/mol. The fourth-order valence-corrected chi connectivity index (χ4v) is 3.91. The smallest absolute Gasteiger partial charge is 0.406 e. The lowest BCUT2D eigenvalue weighted by molar-refractivity contribution is -0.274. The lowest BCUT2D eigenvalue weighted by Gasteiger charge is -2.46. The van der Waals surface area contributed by atoms with Crippen LogP contribution in [0, 0.1) is 5.92 Å². The standard InChI is InChI=1S/C17H20F3NO2/c1-21-13-5-3-6-14(21)9-12(8-13)16(22)11-4-2-7-15(10-11)23-17(18,19)20/h2,4,7,10,12-14H,3,5-6,8-9H2,1H3. The van der Waals surface area contributed by atoms with E-state index in [9.17, 15) is 18.0 Å². The van der Waals surface area contributed by atoms with Crippen molar-refractivity contribution >= 4 is 5.78 Å². The summed E-state index contributed by atoms with van der Waals surface area (Å²) in [5.74, 6) is -0.512. The van der Waals surface area contributed by atoms with Crippen molar-refractivity contribution < 1.29 is 22.7 Å². The molecule has 3 nitrogen and oxygen atoms in total. The lowest BCUT2D eigenvalue weighted by atomic mass is 9.76. The van der Waals surface area contributed by atoms with E-state index in [-0.39, 0.29) is 17.5 Å². The number of halogens is 3. The van der Waals surface area contributed by atoms with Gasteiger partial charge in [-0.3, -0.25) is 4.79 Å². The number of hydrogen-bond donors (Lipinski definition) is 0. The number of hydrogen-bond acceptors (Lipinski definition) is 3. The number of ether oxygens (including phenoxy) is 1. The van der Waals surface area contributed by atoms with Crippen LogP contribution in [-0.4, -0.2) is 36.2 Å². The van der Waals surface area contributed by atoms with E-state index >= 15 is 0 Å². The molecule has 1 aromatic rings. The average Bonchev–Trinajstić information content (AvgIpc) is 2.44. The van der Waals surface area contributed by atoms with E-state index in [4.69, 9.17) is 0 Å². The Balaban J connectivity index is 1.74. The SMILES string of the molecule is CN1C2CCCC1CC(C(=O)c1cccc(OC(F)(F)F)c1)C2. The molecule has 2 aliphatic rings. The zero-order valence-corrected chi connectivity index (χ0v) is 13.0. The van der Waals surface area contributed by atoms with Gasteiger partial charge in [-0.05, 0) is 44.9 Å². The van der Waals surface area contributed by atoms with Crippen molar-refractivity contribution in [2.75, 3.05) is 7.05 Å². The zero-order chi connectivity index (χ0) is 16.6. The Morgan fingerprint density at radius 1 is 1.22 bits per heavy atom. The number of ketones is 1. The Morgan fingerprint density at radius 2 is 1.87 bits per heavy atom. The van der Waals surface area contributed by atoms with Gasteiger partial charge in [-0.2, -0.15) is 0 Å². The molecule has 1 aromatic carbocycles. The van der Waals surface area contributed by atoms with Gasteiger partial charge in [-0.1, -0.05) is 18.6 Å². The molecule has 0 N–H and O–H groups in total. The fourth-order valence-electron chi connectivity index (χ4n) is 3.91. The van der Waals surface area contributed by atoms with Crippen molar-refractivity contribution in [3.63, 3.8) is 0 Å². The Labute approximate surface area is 133 Å². The number of Topliss-reactive ketones (excluding diaryl/α,β-unsaturated/α-hetero) is 1. The first-order valence-electron chi connectivity index (χ1n) is 7.95. The number of alkyl halides is 3. The first-order chi connectivity index (χ1) is 10.8. The van der Waals surface area contributed by atoms with Crippen molar-refractivity contribution in [1.29, 1.82) is 0 Å². The van der Waals surface area contributed by atoms with E-state index < -0.39 is 6.36 Å². The molecule has 2 atom stereocenters. The average molecular weight is 327 g/mol. The molecule has 2 saturated heterocycles. The summed E-state index contributed by atoms with van der Waals surface area (Å²) in [6, 6.07) is 6.23. The largest absolute Gasteiger partial charge is 0.573 e. The molecule has 0 amide bonds. The van der Waals surface area contributed by atoms with Crippen molar-refractivity contribution in [2.24, 2.45) is 5.92 Å². The number of carbonyl (C=O) groups is 1. The highest BCUT2D eigenvalue weighted by atomic mass is 19.4. The van der Waals surface area contributed by atoms with Crippen molar-refractivity contribution in [1.82, 2.24) is 4.90 Å². The van der Waals surface area contributed by atoms with E-state index in [0.717, 1.165) is 25.7 Å². The molecular weight excluding hydrogens is 307 g/mol. The third kappa shape index (κ3) is 3.68. The quantitative estimate of drug-likeness (QED) is 0.785. The molecule has 0 aromatic heterocycles. The maximum Gasteiger partial charge on any atom is 0.573 e. The lowest BCUT2D eigenvalue weighted by Crippen LogP contribution is -2.51. The number of nitrogens with zero attached hydrogens (tertiary/aromatic N) is 1. The molecule has 2 unspecified atom stereocenters. The van der Waals surface area contributed by atoms with Gasteiger partial charge in [0, 0.05) is 23.6 Å². The Morgan fingerprint density at radius 3 is 2.48 bits per heavy atom. The monoisotopic (exact) mass is 327 g/mol. The van der Waals surface area contributed by atoms with Gasteiger partial charge in [0.25, 0.3) is 0 Å². The van der Waals surface area contributed by atoms with Crippen LogP contribution < -0.4 is 4.74 Å². The first kappa shape index (κ1) is 16.3. The predicted octanol–water partition coefficient (Wildman–Crippen LogP) is 4.03. The van der Waals surface area contributed by atoms with E-state index in [0.29, 0.717) is 17.6 Å². The second kappa shape index (κ2) is 6.15. The van der Waals surface area contributed by atoms with Crippen LogP contribution >= 0.6 is 0 Å². The highest BCUT2D eigenvalue weighted by molar-refractivity contribution is 5.98. The van der Waals surface area contributed by atoms with Crippen LogP contribution in [-0.2, 0) is 0 Å². The molecule has 0 aliphatic carbocycles. The minimum absolute atomic E-state index is 0.0670. The molecule has 0 radical (unpaired) electrons. The number of piperidine rings is 2. The Bertz CT molecular complexity index is 573. The summed E-state index contributed by atoms with van der Waals surface area (Å²) in [6.07, 6.45) is 0.204. The zero-order valence-electron chi connectivity index (χ0n) is 13.0. The van der Waals surface area contributed by atoms with E-state index in [1.807, 2.05) is 0 Å². The number of carbonyl (C=O) groups excluding carboxylic acids is 1. The summed E-state index contributed by atoms with van der Waals surface area (Å²) in [5.41, 5.74) is 0.305. The Kier molecular flexibility index (Phi) is 4.36. The summed E-state index contributed by atoms with van der Waals surface area (Å²) in [6.45, 7) is 0. The van der Waals surface area contributed by atoms with Crippen LogP contribution in [0.3, 0.4) is 0 Å². The topological polar surface area (TPSA) is 29.5 Å². The van der Waals surface area contributed by atoms with Crippen LogP contribution in [0.5, 0.6) is 5.75 Å². The van der Waals surface area contributed by atoms with Gasteiger partial charge >= 0.3 is 6.36 Å². The molecule has 2 aliphatic heterocycles. The van der Waals surface area contributed by atoms with Gasteiger partial charge in [-0.15, -0.1) is 13.2 Å². The summed E-state index contributed by atoms with van der Waals surface area (Å²) >= 11 is 0. The van der Waals surface area contributed by atoms with Gasteiger partial charge in [0.05, 0.1) is 0 Å². The highest BCUT2D eigenvalue weighted by Gasteiger charge is 2.39. The Hall–Kier alpha value is -1.56. The van der Waals surface area contributed by atoms with E-state index in [2.05, 4.69) is 16.7 Å². The molecule has 2 bridgehead atoms. The molecule has 2 heterocycles. The highest BCUT2D eigenvalue weighted by Crippen LogP contribution is 2.37. The minimum Gasteiger partial charge on any atom is -0.406 e. The number of benzene rings is 1. The van der Waals surface area contributed by atoms with E-state index in [1.54, 1.807) is 6.07 Å². The minimum atomic E-state index is -4.74. The van der Waals surface area contributed by atoms with Gasteiger partial charge in [-0.25, -0.2) is 0 Å². The first-order valence-corrected chi connectivity index (χ1v) is 7.95. The van der Waals surface area contributed by atoms with Crippen LogP contribution in [0.4, 0.5) is 13.2 Å². The third-order valence-corrected chi connectivity index (χ3v) is 5.06. The van der Waals surface area contributed by atoms with Crippen LogP contribution in [0.15, 0.2) is 24.3 Å². The molecule has 6 heteroatoms. The normalized spacial score (nSPS) is 28.4. The fraction of sp³-hybridized carbons (Fsp3) is 0.588. The van der Waals surface area contributed by atoms with Crippen LogP contribution in [0.1, 0.15) is 42.5 Å². The number of fused-ring (bicyclic) bond motifs is 2. The van der Waals surface area contributed by atoms with E-state index in [1.165, 1.54) is 24.6 Å². The third-order valence-electron chi connectivity index (χ3n) is 5.06. The molecule has 0 saturated carbocycles. The molecule has 0 spiro atoms. The number of rotatable bonds is 3. The maximum atomic E-state index is 12.7. The van der Waals surface area contributed by atoms with Crippen molar-refractivity contribution in [3.05, 3.63) is 29.8 Å². The van der Waals surface area contributed by atoms with Crippen LogP contribution in [0.25, 0.3) is 0 Å².